The number of amides is 1. The standard InChI is InChI=1S/C48H93NO5/c1-3-5-7-9-11-13-15-17-18-19-20-21-22-23-24-25-26-27-28-30-32-34-36-38-40-42-46(52)48(54)49-44(43-50)47(53)45(51)41-39-37-35-33-31-29-16-14-12-10-8-6-4-2/h23-24,33,35,44-47,50-53H,3-22,25-32,34,36-43H2,1-2H3,(H,49,54)/b24-23-,35-33+. The molecule has 0 rings (SSSR count). The van der Waals surface area contributed by atoms with Crippen LogP contribution in [0.15, 0.2) is 24.3 Å². The van der Waals surface area contributed by atoms with Crippen molar-refractivity contribution < 1.29 is 25.2 Å². The van der Waals surface area contributed by atoms with Gasteiger partial charge in [-0.1, -0.05) is 205 Å². The molecule has 0 heterocycles. The Morgan fingerprint density at radius 1 is 0.444 bits per heavy atom. The highest BCUT2D eigenvalue weighted by Gasteiger charge is 2.28. The number of carbonyl (C=O) groups excluding carboxylic acids is 1. The minimum Gasteiger partial charge on any atom is -0.394 e. The molecule has 0 aromatic heterocycles. The second-order valence-corrected chi connectivity index (χ2v) is 16.4. The summed E-state index contributed by atoms with van der Waals surface area (Å²) in [5, 5.41) is 43.7. The molecule has 54 heavy (non-hydrogen) atoms. The summed E-state index contributed by atoms with van der Waals surface area (Å²) in [6, 6.07) is -1.00. The summed E-state index contributed by atoms with van der Waals surface area (Å²) in [5.74, 6) is -0.594. The third kappa shape index (κ3) is 36.4. The van der Waals surface area contributed by atoms with Crippen molar-refractivity contribution in [2.45, 2.75) is 269 Å². The predicted octanol–water partition coefficient (Wildman–Crippen LogP) is 12.7. The largest absolute Gasteiger partial charge is 0.394 e. The molecule has 320 valence electrons. The van der Waals surface area contributed by atoms with Crippen molar-refractivity contribution in [3.63, 3.8) is 0 Å². The summed E-state index contributed by atoms with van der Waals surface area (Å²) in [6.45, 7) is 4.04. The fourth-order valence-corrected chi connectivity index (χ4v) is 7.34. The molecule has 0 bridgehead atoms. The summed E-state index contributed by atoms with van der Waals surface area (Å²) < 4.78 is 0. The maximum atomic E-state index is 12.5. The third-order valence-corrected chi connectivity index (χ3v) is 11.1. The van der Waals surface area contributed by atoms with Gasteiger partial charge in [-0.15, -0.1) is 0 Å². The first-order valence-electron chi connectivity index (χ1n) is 23.7. The highest BCUT2D eigenvalue weighted by atomic mass is 16.3. The number of hydrogen-bond donors (Lipinski definition) is 5. The van der Waals surface area contributed by atoms with E-state index in [-0.39, 0.29) is 0 Å². The van der Waals surface area contributed by atoms with E-state index in [0.29, 0.717) is 12.8 Å². The quantitative estimate of drug-likeness (QED) is 0.0314. The topological polar surface area (TPSA) is 110 Å². The van der Waals surface area contributed by atoms with Crippen molar-refractivity contribution in [3.8, 4) is 0 Å². The van der Waals surface area contributed by atoms with Crippen molar-refractivity contribution in [2.75, 3.05) is 6.61 Å². The number of nitrogens with one attached hydrogen (secondary N) is 1. The summed E-state index contributed by atoms with van der Waals surface area (Å²) in [6.07, 6.45) is 49.4. The van der Waals surface area contributed by atoms with Gasteiger partial charge in [0.25, 0.3) is 0 Å². The first-order valence-corrected chi connectivity index (χ1v) is 23.7. The van der Waals surface area contributed by atoms with E-state index in [9.17, 15) is 25.2 Å². The number of unbranched alkanes of at least 4 members (excludes halogenated alkanes) is 30. The van der Waals surface area contributed by atoms with Crippen molar-refractivity contribution in [1.82, 2.24) is 5.32 Å². The van der Waals surface area contributed by atoms with Crippen LogP contribution in [0.3, 0.4) is 0 Å². The average molecular weight is 764 g/mol. The fourth-order valence-electron chi connectivity index (χ4n) is 7.34. The lowest BCUT2D eigenvalue weighted by Gasteiger charge is -2.27. The van der Waals surface area contributed by atoms with Gasteiger partial charge in [0.15, 0.2) is 0 Å². The van der Waals surface area contributed by atoms with Crippen LogP contribution < -0.4 is 5.32 Å². The van der Waals surface area contributed by atoms with Gasteiger partial charge in [0.1, 0.15) is 12.2 Å². The molecule has 1 amide bonds. The van der Waals surface area contributed by atoms with E-state index in [1.165, 1.54) is 180 Å². The molecule has 0 aliphatic rings. The Morgan fingerprint density at radius 2 is 0.759 bits per heavy atom. The fraction of sp³-hybridized carbons (Fsp3) is 0.896. The minimum atomic E-state index is -1.28. The van der Waals surface area contributed by atoms with Crippen molar-refractivity contribution in [3.05, 3.63) is 24.3 Å². The lowest BCUT2D eigenvalue weighted by Crippen LogP contribution is -2.53. The third-order valence-electron chi connectivity index (χ3n) is 11.1. The molecule has 0 aliphatic carbocycles. The van der Waals surface area contributed by atoms with Gasteiger partial charge in [0.05, 0.1) is 18.8 Å². The maximum absolute atomic E-state index is 12.5. The normalized spacial score (nSPS) is 14.3. The Labute approximate surface area is 335 Å². The Morgan fingerprint density at radius 3 is 1.11 bits per heavy atom. The van der Waals surface area contributed by atoms with Gasteiger partial charge >= 0.3 is 0 Å². The second-order valence-electron chi connectivity index (χ2n) is 16.4. The zero-order valence-electron chi connectivity index (χ0n) is 36.0. The smallest absolute Gasteiger partial charge is 0.249 e. The molecule has 0 aromatic carbocycles. The van der Waals surface area contributed by atoms with Crippen LogP contribution in [0, 0.1) is 0 Å². The van der Waals surface area contributed by atoms with E-state index >= 15 is 0 Å². The Hall–Kier alpha value is -1.21. The monoisotopic (exact) mass is 764 g/mol. The highest BCUT2D eigenvalue weighted by Crippen LogP contribution is 2.16. The van der Waals surface area contributed by atoms with Crippen molar-refractivity contribution >= 4 is 5.91 Å². The lowest BCUT2D eigenvalue weighted by molar-refractivity contribution is -0.132. The molecular weight excluding hydrogens is 671 g/mol. The van der Waals surface area contributed by atoms with E-state index < -0.39 is 36.9 Å². The van der Waals surface area contributed by atoms with Crippen LogP contribution in [-0.2, 0) is 4.79 Å². The summed E-state index contributed by atoms with van der Waals surface area (Å²) in [5.41, 5.74) is 0. The van der Waals surface area contributed by atoms with Gasteiger partial charge in [0.2, 0.25) is 5.91 Å². The Balaban J connectivity index is 3.68. The van der Waals surface area contributed by atoms with Gasteiger partial charge in [-0.05, 0) is 64.2 Å². The SMILES string of the molecule is CCCCCCCCCC/C=C/CCCC(O)C(O)C(CO)NC(=O)C(O)CCCCCCCCCCC/C=C\CCCCCCCCCCCCCC. The summed E-state index contributed by atoms with van der Waals surface area (Å²) >= 11 is 0. The predicted molar refractivity (Wildman–Crippen MR) is 233 cm³/mol. The minimum absolute atomic E-state index is 0.362. The molecule has 0 saturated carbocycles. The molecule has 0 aliphatic heterocycles. The molecule has 0 fully saturated rings. The molecular formula is C48H93NO5. The van der Waals surface area contributed by atoms with Gasteiger partial charge in [-0.25, -0.2) is 0 Å². The molecule has 6 nitrogen and oxygen atoms in total. The highest BCUT2D eigenvalue weighted by molar-refractivity contribution is 5.80. The number of aliphatic hydroxyl groups excluding tert-OH is 4. The van der Waals surface area contributed by atoms with Crippen LogP contribution >= 0.6 is 0 Å². The van der Waals surface area contributed by atoms with E-state index in [4.69, 9.17) is 0 Å². The van der Waals surface area contributed by atoms with Crippen molar-refractivity contribution in [1.29, 1.82) is 0 Å². The van der Waals surface area contributed by atoms with Gasteiger partial charge in [-0.2, -0.15) is 0 Å². The maximum Gasteiger partial charge on any atom is 0.249 e. The lowest BCUT2D eigenvalue weighted by atomic mass is 10.00. The zero-order valence-corrected chi connectivity index (χ0v) is 36.0. The first kappa shape index (κ1) is 52.8. The van der Waals surface area contributed by atoms with E-state index in [0.717, 1.165) is 38.5 Å². The van der Waals surface area contributed by atoms with E-state index in [2.05, 4.69) is 43.5 Å². The molecule has 0 aromatic rings. The number of carbonyl (C=O) groups is 1. The average Bonchev–Trinajstić information content (AvgIpc) is 3.18. The molecule has 4 unspecified atom stereocenters. The number of hydrogen-bond acceptors (Lipinski definition) is 5. The molecule has 6 heteroatoms. The molecule has 0 radical (unpaired) electrons. The Kier molecular flexibility index (Phi) is 42.0. The summed E-state index contributed by atoms with van der Waals surface area (Å²) in [4.78, 5) is 12.5. The van der Waals surface area contributed by atoms with Crippen LogP contribution in [0.1, 0.15) is 245 Å². The summed E-state index contributed by atoms with van der Waals surface area (Å²) in [7, 11) is 0. The number of allylic oxidation sites excluding steroid dienone is 4. The second kappa shape index (κ2) is 42.9. The van der Waals surface area contributed by atoms with Crippen molar-refractivity contribution in [2.24, 2.45) is 0 Å². The van der Waals surface area contributed by atoms with E-state index in [1.807, 2.05) is 0 Å². The Bertz CT molecular complexity index is 817. The first-order chi connectivity index (χ1) is 26.5. The van der Waals surface area contributed by atoms with Crippen LogP contribution in [0.5, 0.6) is 0 Å². The molecule has 0 saturated heterocycles. The molecule has 5 N–H and O–H groups in total. The molecule has 4 atom stereocenters. The van der Waals surface area contributed by atoms with Crippen LogP contribution in [0.25, 0.3) is 0 Å². The molecule has 0 spiro atoms. The number of aliphatic hydroxyl groups is 4. The van der Waals surface area contributed by atoms with Gasteiger partial charge < -0.3 is 25.7 Å². The van der Waals surface area contributed by atoms with Crippen LogP contribution in [0.2, 0.25) is 0 Å². The zero-order chi connectivity index (χ0) is 39.6. The van der Waals surface area contributed by atoms with Gasteiger partial charge in [-0.3, -0.25) is 4.79 Å². The van der Waals surface area contributed by atoms with Crippen LogP contribution in [-0.4, -0.2) is 57.3 Å². The number of rotatable bonds is 43. The van der Waals surface area contributed by atoms with E-state index in [1.54, 1.807) is 0 Å². The van der Waals surface area contributed by atoms with Gasteiger partial charge in [0, 0.05) is 0 Å². The van der Waals surface area contributed by atoms with Crippen LogP contribution in [0.4, 0.5) is 0 Å².